The smallest absolute Gasteiger partial charge is 0.211 e. The van der Waals surface area contributed by atoms with Crippen LogP contribution < -0.4 is 0 Å². The van der Waals surface area contributed by atoms with Crippen LogP contribution in [-0.4, -0.2) is 66.9 Å². The lowest BCUT2D eigenvalue weighted by Gasteiger charge is -2.43. The summed E-state index contributed by atoms with van der Waals surface area (Å²) in [5.74, 6) is -53.3. The van der Waals surface area contributed by atoms with E-state index in [1.807, 2.05) is 0 Å². The van der Waals surface area contributed by atoms with Crippen LogP contribution in [0.4, 0.5) is 74.6 Å². The first-order chi connectivity index (χ1) is 20.8. The van der Waals surface area contributed by atoms with Gasteiger partial charge in [0.05, 0.1) is 0 Å². The van der Waals surface area contributed by atoms with Crippen LogP contribution in [0.1, 0.15) is 38.2 Å². The van der Waals surface area contributed by atoms with Crippen LogP contribution in [0.3, 0.4) is 0 Å². The zero-order valence-electron chi connectivity index (χ0n) is 23.3. The molecule has 0 unspecified atom stereocenters. The summed E-state index contributed by atoms with van der Waals surface area (Å²) in [6.45, 7) is 3.42. The maximum atomic E-state index is 14.9. The number of benzene rings is 2. The summed E-state index contributed by atoms with van der Waals surface area (Å²) in [4.78, 5) is -0.227. The fraction of sp³-hybridized carbons (Fsp3) is 0.600. The highest BCUT2D eigenvalue weighted by Crippen LogP contribution is 2.68. The third kappa shape index (κ3) is 5.41. The predicted molar refractivity (Wildman–Crippen MR) is 134 cm³/mol. The maximum absolute atomic E-state index is 14.9. The Kier molecular flexibility index (Phi) is 9.52. The van der Waals surface area contributed by atoms with Crippen molar-refractivity contribution in [1.82, 2.24) is 0 Å². The summed E-state index contributed by atoms with van der Waals surface area (Å²) in [7, 11) is -11.5. The first-order valence-electron chi connectivity index (χ1n) is 12.8. The van der Waals surface area contributed by atoms with Crippen molar-refractivity contribution in [3.63, 3.8) is 0 Å². The highest BCUT2D eigenvalue weighted by molar-refractivity contribution is 8.33. The Morgan fingerprint density at radius 3 is 1.43 bits per heavy atom. The van der Waals surface area contributed by atoms with Gasteiger partial charge in [0.1, 0.15) is 0 Å². The van der Waals surface area contributed by atoms with Crippen molar-refractivity contribution in [3.05, 3.63) is 42.0 Å². The second-order valence-electron chi connectivity index (χ2n) is 10.8. The number of rotatable bonds is 11. The Balaban J connectivity index is 2.17. The first-order valence-corrected chi connectivity index (χ1v) is 16.1. The average Bonchev–Trinajstić information content (AvgIpc) is 3.39. The maximum Gasteiger partial charge on any atom is 0.460 e. The van der Waals surface area contributed by atoms with E-state index >= 15 is 0 Å². The van der Waals surface area contributed by atoms with E-state index in [0.717, 1.165) is 6.07 Å². The van der Waals surface area contributed by atoms with Crippen LogP contribution in [0, 0.1) is 0 Å². The van der Waals surface area contributed by atoms with Gasteiger partial charge in [-0.1, -0.05) is 54.5 Å². The zero-order valence-corrected chi connectivity index (χ0v) is 25.0. The SMILES string of the molecule is CC(C)c1ccc(S2(OS(=O)(=O)C(F)(F)C(F)(F)C(F)(F)C(F)(F)C(F)(F)C(F)(F)C(F)(F)C(F)(F)F)CCCC2)c2ccccc12. The fourth-order valence-electron chi connectivity index (χ4n) is 4.74. The van der Waals surface area contributed by atoms with Gasteiger partial charge in [0.2, 0.25) is 0 Å². The van der Waals surface area contributed by atoms with Crippen molar-refractivity contribution in [2.75, 3.05) is 11.5 Å². The minimum atomic E-state index is -8.90. The summed E-state index contributed by atoms with van der Waals surface area (Å²) in [5, 5.41) is -7.26. The second kappa shape index (κ2) is 11.4. The third-order valence-electron chi connectivity index (χ3n) is 7.37. The lowest BCUT2D eigenvalue weighted by Crippen LogP contribution is -2.75. The molecule has 0 bridgehead atoms. The quantitative estimate of drug-likeness (QED) is 0.215. The summed E-state index contributed by atoms with van der Waals surface area (Å²) in [6, 6.07) is 8.18. The number of alkyl halides is 17. The summed E-state index contributed by atoms with van der Waals surface area (Å²) in [5.41, 5.74) is 0.590. The van der Waals surface area contributed by atoms with E-state index in [2.05, 4.69) is 3.63 Å². The molecule has 0 N–H and O–H groups in total. The molecule has 1 heterocycles. The fourth-order valence-corrected chi connectivity index (χ4v) is 10.6. The molecule has 1 aliphatic rings. The Morgan fingerprint density at radius 2 is 1.00 bits per heavy atom. The Labute approximate surface area is 256 Å². The number of hydrogen-bond acceptors (Lipinski definition) is 3. The molecule has 22 heteroatoms. The predicted octanol–water partition coefficient (Wildman–Crippen LogP) is 10.1. The van der Waals surface area contributed by atoms with Gasteiger partial charge in [-0.25, -0.2) is 3.63 Å². The van der Waals surface area contributed by atoms with Crippen molar-refractivity contribution in [2.45, 2.75) is 84.5 Å². The van der Waals surface area contributed by atoms with E-state index < -0.39 is 78.9 Å². The number of halogens is 17. The molecule has 2 aromatic carbocycles. The van der Waals surface area contributed by atoms with E-state index in [1.165, 1.54) is 30.3 Å². The number of fused-ring (bicyclic) bond motifs is 1. The molecule has 0 atom stereocenters. The summed E-state index contributed by atoms with van der Waals surface area (Å²) < 4.78 is 263. The molecule has 0 amide bonds. The molecular weight excluding hydrogens is 735 g/mol. The van der Waals surface area contributed by atoms with E-state index in [9.17, 15) is 83.1 Å². The average molecular weight is 757 g/mol. The van der Waals surface area contributed by atoms with Gasteiger partial charge in [0.25, 0.3) is 0 Å². The monoisotopic (exact) mass is 756 g/mol. The minimum Gasteiger partial charge on any atom is -0.211 e. The standard InChI is InChI=1S/C25H21F17O3S2/c1-13(2)14-9-10-17(16-8-4-3-7-15(14)16)46(11-5-6-12-46)45-47(43,44)25(41,42)23(36,37)21(32,33)19(28,29)18(26,27)20(30,31)22(34,35)24(38,39)40/h3-4,7-10,13H,5-6,11-12H2,1-2H3. The highest BCUT2D eigenvalue weighted by Gasteiger charge is 2.96. The Morgan fingerprint density at radius 1 is 0.596 bits per heavy atom. The van der Waals surface area contributed by atoms with Crippen LogP contribution in [-0.2, 0) is 13.7 Å². The molecule has 1 saturated heterocycles. The Hall–Kier alpha value is -2.23. The van der Waals surface area contributed by atoms with Crippen molar-refractivity contribution >= 4 is 31.2 Å². The van der Waals surface area contributed by atoms with Crippen molar-refractivity contribution in [3.8, 4) is 0 Å². The molecule has 1 aliphatic heterocycles. The molecule has 3 nitrogen and oxygen atoms in total. The largest absolute Gasteiger partial charge is 0.460 e. The number of hydrogen-bond donors (Lipinski definition) is 0. The van der Waals surface area contributed by atoms with Gasteiger partial charge in [-0.15, -0.1) is 0 Å². The lowest BCUT2D eigenvalue weighted by molar-refractivity contribution is -0.458. The molecule has 270 valence electrons. The topological polar surface area (TPSA) is 43.4 Å². The van der Waals surface area contributed by atoms with Gasteiger partial charge >= 0.3 is 57.1 Å². The van der Waals surface area contributed by atoms with Crippen molar-refractivity contribution < 1.29 is 86.7 Å². The first kappa shape index (κ1) is 39.2. The molecular formula is C25H21F17O3S2. The van der Waals surface area contributed by atoms with Crippen LogP contribution in [0.25, 0.3) is 10.8 Å². The van der Waals surface area contributed by atoms with Gasteiger partial charge in [-0.05, 0) is 41.2 Å². The third-order valence-corrected chi connectivity index (χ3v) is 13.1. The van der Waals surface area contributed by atoms with Crippen molar-refractivity contribution in [2.24, 2.45) is 0 Å². The van der Waals surface area contributed by atoms with Crippen LogP contribution >= 0.6 is 10.3 Å². The van der Waals surface area contributed by atoms with Crippen LogP contribution in [0.2, 0.25) is 0 Å². The molecule has 3 rings (SSSR count). The molecule has 0 aliphatic carbocycles. The normalized spacial score (nSPS) is 18.6. The van der Waals surface area contributed by atoms with Crippen LogP contribution in [0.15, 0.2) is 41.3 Å². The van der Waals surface area contributed by atoms with Gasteiger partial charge in [-0.3, -0.25) is 0 Å². The molecule has 0 radical (unpaired) electrons. The molecule has 2 aromatic rings. The Bertz CT molecular complexity index is 1600. The summed E-state index contributed by atoms with van der Waals surface area (Å²) >= 11 is 0. The van der Waals surface area contributed by atoms with Gasteiger partial charge in [-0.2, -0.15) is 83.1 Å². The second-order valence-corrected chi connectivity index (χ2v) is 15.6. The highest BCUT2D eigenvalue weighted by atomic mass is 32.3. The van der Waals surface area contributed by atoms with E-state index in [0.29, 0.717) is 10.9 Å². The van der Waals surface area contributed by atoms with Gasteiger partial charge in [0, 0.05) is 16.4 Å². The lowest BCUT2D eigenvalue weighted by atomic mass is 9.91. The molecule has 0 aromatic heterocycles. The van der Waals surface area contributed by atoms with Crippen LogP contribution in [0.5, 0.6) is 0 Å². The van der Waals surface area contributed by atoms with E-state index in [1.54, 1.807) is 13.8 Å². The van der Waals surface area contributed by atoms with Gasteiger partial charge < -0.3 is 0 Å². The zero-order chi connectivity index (χ0) is 36.7. The molecule has 0 spiro atoms. The van der Waals surface area contributed by atoms with E-state index in [-0.39, 0.29) is 29.0 Å². The molecule has 47 heavy (non-hydrogen) atoms. The van der Waals surface area contributed by atoms with Crippen molar-refractivity contribution in [1.29, 1.82) is 0 Å². The van der Waals surface area contributed by atoms with E-state index in [4.69, 9.17) is 0 Å². The summed E-state index contributed by atoms with van der Waals surface area (Å²) in [6.07, 6.45) is -8.02. The minimum absolute atomic E-state index is 0.0595. The molecule has 0 saturated carbocycles. The van der Waals surface area contributed by atoms with Gasteiger partial charge in [0.15, 0.2) is 0 Å². The molecule has 1 fully saturated rings.